The molecule has 2 aliphatic heterocycles. The van der Waals surface area contributed by atoms with Crippen LogP contribution in [0.25, 0.3) is 0 Å². The molecule has 0 saturated carbocycles. The fourth-order valence-corrected chi connectivity index (χ4v) is 4.75. The fourth-order valence-electron chi connectivity index (χ4n) is 4.75. The van der Waals surface area contributed by atoms with E-state index in [9.17, 15) is 19.5 Å². The molecule has 1 unspecified atom stereocenters. The Morgan fingerprint density at radius 1 is 1.19 bits per heavy atom. The van der Waals surface area contributed by atoms with Gasteiger partial charge in [0.15, 0.2) is 0 Å². The van der Waals surface area contributed by atoms with Gasteiger partial charge in [-0.25, -0.2) is 0 Å². The van der Waals surface area contributed by atoms with Crippen LogP contribution in [0.5, 0.6) is 0 Å². The molecule has 7 nitrogen and oxygen atoms in total. The van der Waals surface area contributed by atoms with Crippen LogP contribution in [0.15, 0.2) is 30.3 Å². The lowest BCUT2D eigenvalue weighted by molar-refractivity contribution is -0.156. The highest BCUT2D eigenvalue weighted by Gasteiger charge is 2.61. The molecule has 2 aliphatic rings. The number of aliphatic carboxylic acids is 1. The van der Waals surface area contributed by atoms with E-state index in [1.54, 1.807) is 0 Å². The average molecular weight is 374 g/mol. The van der Waals surface area contributed by atoms with Crippen LogP contribution in [-0.4, -0.2) is 53.1 Å². The van der Waals surface area contributed by atoms with Crippen molar-refractivity contribution in [3.63, 3.8) is 0 Å². The summed E-state index contributed by atoms with van der Waals surface area (Å²) in [5, 5.41) is 12.6. The second-order valence-corrected chi connectivity index (χ2v) is 7.20. The number of carboxylic acids is 1. The fraction of sp³-hybridized carbons (Fsp3) is 0.550. The van der Waals surface area contributed by atoms with Crippen LogP contribution in [0, 0.1) is 11.8 Å². The third-order valence-electron chi connectivity index (χ3n) is 5.86. The zero-order valence-corrected chi connectivity index (χ0v) is 15.6. The Morgan fingerprint density at radius 3 is 2.37 bits per heavy atom. The summed E-state index contributed by atoms with van der Waals surface area (Å²) in [4.78, 5) is 38.9. The molecule has 0 aliphatic carbocycles. The molecule has 27 heavy (non-hydrogen) atoms. The Hall–Kier alpha value is -2.41. The van der Waals surface area contributed by atoms with Gasteiger partial charge < -0.3 is 15.2 Å². The molecular weight excluding hydrogens is 348 g/mol. The zero-order chi connectivity index (χ0) is 19.6. The van der Waals surface area contributed by atoms with Crippen molar-refractivity contribution < 1.29 is 24.2 Å². The van der Waals surface area contributed by atoms with Gasteiger partial charge in [0, 0.05) is 18.6 Å². The van der Waals surface area contributed by atoms with E-state index in [-0.39, 0.29) is 18.0 Å². The highest BCUT2D eigenvalue weighted by molar-refractivity contribution is 5.85. The number of amides is 1. The monoisotopic (exact) mass is 374 g/mol. The number of esters is 1. The number of carboxylic acid groups (broad SMARTS) is 1. The van der Waals surface area contributed by atoms with Crippen molar-refractivity contribution in [1.29, 1.82) is 0 Å². The van der Waals surface area contributed by atoms with Crippen molar-refractivity contribution in [2.45, 2.75) is 50.9 Å². The van der Waals surface area contributed by atoms with Crippen molar-refractivity contribution >= 4 is 17.8 Å². The number of nitrogens with one attached hydrogen (secondary N) is 1. The number of fused-ring (bicyclic) bond motifs is 2. The third kappa shape index (κ3) is 3.56. The lowest BCUT2D eigenvalue weighted by atomic mass is 9.79. The minimum absolute atomic E-state index is 0.132. The first-order valence-corrected chi connectivity index (χ1v) is 9.39. The standard InChI is InChI=1S/C20H26N2O5/c1-3-13(18(23)21-11-12-7-5-4-6-8-12)22-14-9-10-15(22)17(20(26)27-2)16(14)19(24)25/h4-8,13-17H,3,9-11H2,1-2H3,(H,21,23)(H,24,25)/t13?,14-,15+,16+,17+/m0/s1. The third-order valence-corrected chi connectivity index (χ3v) is 5.86. The number of hydrogen-bond donors (Lipinski definition) is 2. The van der Waals surface area contributed by atoms with Crippen molar-refractivity contribution in [1.82, 2.24) is 10.2 Å². The summed E-state index contributed by atoms with van der Waals surface area (Å²) in [6.45, 7) is 2.33. The summed E-state index contributed by atoms with van der Waals surface area (Å²) >= 11 is 0. The predicted octanol–water partition coefficient (Wildman–Crippen LogP) is 1.42. The van der Waals surface area contributed by atoms with Gasteiger partial charge in [-0.15, -0.1) is 0 Å². The summed E-state index contributed by atoms with van der Waals surface area (Å²) in [6.07, 6.45) is 1.93. The summed E-state index contributed by atoms with van der Waals surface area (Å²) < 4.78 is 4.87. The van der Waals surface area contributed by atoms with E-state index in [1.807, 2.05) is 42.2 Å². The molecule has 0 radical (unpaired) electrons. The van der Waals surface area contributed by atoms with Gasteiger partial charge in [-0.3, -0.25) is 19.3 Å². The Kier molecular flexibility index (Phi) is 5.79. The van der Waals surface area contributed by atoms with Gasteiger partial charge in [0.05, 0.1) is 25.0 Å². The molecule has 0 aromatic heterocycles. The average Bonchev–Trinajstić information content (AvgIpc) is 3.23. The molecule has 1 aromatic carbocycles. The molecule has 2 N–H and O–H groups in total. The van der Waals surface area contributed by atoms with Crippen LogP contribution in [0.4, 0.5) is 0 Å². The number of methoxy groups -OCH3 is 1. The summed E-state index contributed by atoms with van der Waals surface area (Å²) in [7, 11) is 1.28. The first-order chi connectivity index (χ1) is 13.0. The Morgan fingerprint density at radius 2 is 1.81 bits per heavy atom. The van der Waals surface area contributed by atoms with E-state index in [4.69, 9.17) is 4.74 Å². The van der Waals surface area contributed by atoms with Crippen LogP contribution in [0.2, 0.25) is 0 Å². The number of carbonyl (C=O) groups is 3. The van der Waals surface area contributed by atoms with E-state index in [2.05, 4.69) is 5.32 Å². The summed E-state index contributed by atoms with van der Waals surface area (Å²) in [5.41, 5.74) is 1.00. The Labute approximate surface area is 158 Å². The van der Waals surface area contributed by atoms with Crippen LogP contribution in [0.1, 0.15) is 31.7 Å². The molecule has 146 valence electrons. The van der Waals surface area contributed by atoms with Gasteiger partial charge >= 0.3 is 11.9 Å². The Bertz CT molecular complexity index is 708. The second-order valence-electron chi connectivity index (χ2n) is 7.20. The number of hydrogen-bond acceptors (Lipinski definition) is 5. The zero-order valence-electron chi connectivity index (χ0n) is 15.6. The van der Waals surface area contributed by atoms with Crippen LogP contribution >= 0.6 is 0 Å². The molecule has 1 aromatic rings. The van der Waals surface area contributed by atoms with Crippen molar-refractivity contribution in [3.05, 3.63) is 35.9 Å². The molecule has 7 heteroatoms. The number of ether oxygens (including phenoxy) is 1. The molecule has 0 spiro atoms. The van der Waals surface area contributed by atoms with E-state index < -0.39 is 29.8 Å². The minimum atomic E-state index is -0.998. The van der Waals surface area contributed by atoms with Gasteiger partial charge in [-0.1, -0.05) is 37.3 Å². The van der Waals surface area contributed by atoms with Gasteiger partial charge in [-0.05, 0) is 24.8 Å². The normalized spacial score (nSPS) is 27.9. The first-order valence-electron chi connectivity index (χ1n) is 9.39. The topological polar surface area (TPSA) is 95.9 Å². The maximum Gasteiger partial charge on any atom is 0.311 e. The van der Waals surface area contributed by atoms with Crippen molar-refractivity contribution in [2.75, 3.05) is 7.11 Å². The first kappa shape index (κ1) is 19.4. The second kappa shape index (κ2) is 8.08. The molecule has 2 bridgehead atoms. The molecule has 2 saturated heterocycles. The maximum absolute atomic E-state index is 12.9. The molecule has 2 heterocycles. The van der Waals surface area contributed by atoms with E-state index in [0.717, 1.165) is 5.56 Å². The number of nitrogens with zero attached hydrogens (tertiary/aromatic N) is 1. The van der Waals surface area contributed by atoms with Gasteiger partial charge in [0.2, 0.25) is 5.91 Å². The predicted molar refractivity (Wildman–Crippen MR) is 97.6 cm³/mol. The van der Waals surface area contributed by atoms with Gasteiger partial charge in [0.25, 0.3) is 0 Å². The maximum atomic E-state index is 12.9. The quantitative estimate of drug-likeness (QED) is 0.701. The van der Waals surface area contributed by atoms with Gasteiger partial charge in [-0.2, -0.15) is 0 Å². The highest BCUT2D eigenvalue weighted by atomic mass is 16.5. The van der Waals surface area contributed by atoms with E-state index >= 15 is 0 Å². The molecule has 1 amide bonds. The van der Waals surface area contributed by atoms with E-state index in [0.29, 0.717) is 25.8 Å². The van der Waals surface area contributed by atoms with Crippen LogP contribution < -0.4 is 5.32 Å². The molecule has 2 fully saturated rings. The number of rotatable bonds is 7. The lowest BCUT2D eigenvalue weighted by Gasteiger charge is -2.31. The van der Waals surface area contributed by atoms with E-state index in [1.165, 1.54) is 7.11 Å². The highest BCUT2D eigenvalue weighted by Crippen LogP contribution is 2.48. The Balaban J connectivity index is 1.77. The van der Waals surface area contributed by atoms with Crippen molar-refractivity contribution in [2.24, 2.45) is 11.8 Å². The minimum Gasteiger partial charge on any atom is -0.481 e. The molecule has 3 rings (SSSR count). The number of carbonyl (C=O) groups excluding carboxylic acids is 2. The van der Waals surface area contributed by atoms with Crippen LogP contribution in [0.3, 0.4) is 0 Å². The summed E-state index contributed by atoms with van der Waals surface area (Å²) in [6, 6.07) is 8.59. The SMILES string of the molecule is CCC(C(=O)NCc1ccccc1)N1[C@@H]2CC[C@H]1[C@@H](C(=O)O)[C@@H]2C(=O)OC. The smallest absolute Gasteiger partial charge is 0.311 e. The van der Waals surface area contributed by atoms with Crippen LogP contribution in [-0.2, 0) is 25.7 Å². The van der Waals surface area contributed by atoms with Crippen molar-refractivity contribution in [3.8, 4) is 0 Å². The lowest BCUT2D eigenvalue weighted by Crippen LogP contribution is -2.49. The number of benzene rings is 1. The van der Waals surface area contributed by atoms with Gasteiger partial charge in [0.1, 0.15) is 0 Å². The summed E-state index contributed by atoms with van der Waals surface area (Å²) in [5.74, 6) is -3.18. The molecular formula is C20H26N2O5. The molecule has 5 atom stereocenters. The largest absolute Gasteiger partial charge is 0.481 e.